The van der Waals surface area contributed by atoms with Crippen molar-refractivity contribution >= 4 is 23.2 Å². The molecule has 2 aliphatic rings. The van der Waals surface area contributed by atoms with Gasteiger partial charge in [0.25, 0.3) is 5.91 Å². The number of hydrogen-bond acceptors (Lipinski definition) is 4. The summed E-state index contributed by atoms with van der Waals surface area (Å²) in [5, 5.41) is 1.96. The molecule has 1 aromatic carbocycles. The maximum Gasteiger partial charge on any atom is 0.263 e. The lowest BCUT2D eigenvalue weighted by molar-refractivity contribution is -0.136. The molecular formula is C24H31N3O2S. The number of amides is 2. The predicted molar refractivity (Wildman–Crippen MR) is 120 cm³/mol. The second kappa shape index (κ2) is 9.75. The molecule has 5 nitrogen and oxygen atoms in total. The molecule has 6 heteroatoms. The fourth-order valence-electron chi connectivity index (χ4n) is 4.75. The van der Waals surface area contributed by atoms with Crippen molar-refractivity contribution in [3.63, 3.8) is 0 Å². The summed E-state index contributed by atoms with van der Waals surface area (Å²) >= 11 is 1.52. The minimum Gasteiger partial charge on any atom is -0.341 e. The number of carbonyl (C=O) groups is 2. The normalized spacial score (nSPS) is 19.0. The highest BCUT2D eigenvalue weighted by molar-refractivity contribution is 7.12. The highest BCUT2D eigenvalue weighted by Gasteiger charge is 2.32. The fourth-order valence-corrected chi connectivity index (χ4v) is 5.44. The number of rotatable bonds is 5. The molecule has 2 aromatic rings. The van der Waals surface area contributed by atoms with Gasteiger partial charge in [-0.3, -0.25) is 9.59 Å². The topological polar surface area (TPSA) is 43.9 Å². The highest BCUT2D eigenvalue weighted by atomic mass is 32.1. The first-order valence-corrected chi connectivity index (χ1v) is 11.9. The third kappa shape index (κ3) is 4.93. The quantitative estimate of drug-likeness (QED) is 0.733. The second-order valence-corrected chi connectivity index (χ2v) is 9.44. The molecule has 30 heavy (non-hydrogen) atoms. The zero-order valence-corrected chi connectivity index (χ0v) is 18.5. The van der Waals surface area contributed by atoms with Crippen molar-refractivity contribution in [3.8, 4) is 0 Å². The van der Waals surface area contributed by atoms with Gasteiger partial charge in [-0.2, -0.15) is 0 Å². The number of piperidine rings is 2. The fraction of sp³-hybridized carbons (Fsp3) is 0.500. The standard InChI is InChI=1S/C24H31N3O2S/c1-25(18-19-6-3-2-4-7-19)23(28)20-9-13-26(14-10-20)21-11-15-27(16-12-21)24(29)22-8-5-17-30-22/h2-8,17,20-21H,9-16,18H2,1H3. The van der Waals surface area contributed by atoms with Crippen LogP contribution in [0.15, 0.2) is 47.8 Å². The van der Waals surface area contributed by atoms with Gasteiger partial charge in [0.1, 0.15) is 0 Å². The van der Waals surface area contributed by atoms with Crippen molar-refractivity contribution in [2.75, 3.05) is 33.2 Å². The average Bonchev–Trinajstić information content (AvgIpc) is 3.34. The molecule has 0 bridgehead atoms. The van der Waals surface area contributed by atoms with E-state index in [9.17, 15) is 9.59 Å². The van der Waals surface area contributed by atoms with Gasteiger partial charge in [0.05, 0.1) is 4.88 Å². The van der Waals surface area contributed by atoms with Gasteiger partial charge >= 0.3 is 0 Å². The van der Waals surface area contributed by atoms with Gasteiger partial charge in [-0.15, -0.1) is 11.3 Å². The molecule has 0 atom stereocenters. The maximum absolute atomic E-state index is 12.9. The number of carbonyl (C=O) groups excluding carboxylic acids is 2. The Kier molecular flexibility index (Phi) is 6.85. The van der Waals surface area contributed by atoms with Crippen LogP contribution < -0.4 is 0 Å². The summed E-state index contributed by atoms with van der Waals surface area (Å²) in [5.74, 6) is 0.583. The Hall–Kier alpha value is -2.18. The van der Waals surface area contributed by atoms with E-state index in [1.165, 1.54) is 16.9 Å². The smallest absolute Gasteiger partial charge is 0.263 e. The van der Waals surface area contributed by atoms with Crippen molar-refractivity contribution in [1.82, 2.24) is 14.7 Å². The Balaban J connectivity index is 1.22. The van der Waals surface area contributed by atoms with E-state index < -0.39 is 0 Å². The molecule has 0 N–H and O–H groups in total. The highest BCUT2D eigenvalue weighted by Crippen LogP contribution is 2.26. The summed E-state index contributed by atoms with van der Waals surface area (Å²) in [6, 6.07) is 14.6. The summed E-state index contributed by atoms with van der Waals surface area (Å²) in [4.78, 5) is 32.7. The molecule has 0 saturated carbocycles. The maximum atomic E-state index is 12.9. The van der Waals surface area contributed by atoms with Crippen LogP contribution in [0.1, 0.15) is 40.9 Å². The molecule has 0 radical (unpaired) electrons. The largest absolute Gasteiger partial charge is 0.341 e. The molecule has 2 aliphatic heterocycles. The van der Waals surface area contributed by atoms with Crippen LogP contribution in [-0.4, -0.2) is 65.8 Å². The summed E-state index contributed by atoms with van der Waals surface area (Å²) < 4.78 is 0. The molecule has 1 aromatic heterocycles. The van der Waals surface area contributed by atoms with E-state index in [-0.39, 0.29) is 17.7 Å². The number of nitrogens with zero attached hydrogens (tertiary/aromatic N) is 3. The van der Waals surface area contributed by atoms with E-state index in [4.69, 9.17) is 0 Å². The van der Waals surface area contributed by atoms with Gasteiger partial charge in [0, 0.05) is 38.6 Å². The van der Waals surface area contributed by atoms with Crippen molar-refractivity contribution in [3.05, 3.63) is 58.3 Å². The third-order valence-corrected chi connectivity index (χ3v) is 7.38. The molecule has 2 saturated heterocycles. The monoisotopic (exact) mass is 425 g/mol. The number of hydrogen-bond donors (Lipinski definition) is 0. The third-order valence-electron chi connectivity index (χ3n) is 6.52. The van der Waals surface area contributed by atoms with Gasteiger partial charge in [-0.05, 0) is 55.8 Å². The minimum absolute atomic E-state index is 0.135. The van der Waals surface area contributed by atoms with E-state index in [2.05, 4.69) is 17.0 Å². The van der Waals surface area contributed by atoms with Crippen LogP contribution in [0.4, 0.5) is 0 Å². The van der Waals surface area contributed by atoms with Gasteiger partial charge < -0.3 is 14.7 Å². The van der Waals surface area contributed by atoms with Crippen LogP contribution >= 0.6 is 11.3 Å². The van der Waals surface area contributed by atoms with E-state index in [1.807, 2.05) is 52.6 Å². The Labute approximate surface area is 183 Å². The Morgan fingerprint density at radius 1 is 0.967 bits per heavy atom. The molecule has 2 fully saturated rings. The van der Waals surface area contributed by atoms with Crippen LogP contribution in [0.2, 0.25) is 0 Å². The first-order valence-electron chi connectivity index (χ1n) is 11.0. The zero-order chi connectivity index (χ0) is 20.9. The summed E-state index contributed by atoms with van der Waals surface area (Å²) in [5.41, 5.74) is 1.18. The lowest BCUT2D eigenvalue weighted by Crippen LogP contribution is -2.50. The van der Waals surface area contributed by atoms with Crippen LogP contribution in [-0.2, 0) is 11.3 Å². The van der Waals surface area contributed by atoms with Crippen LogP contribution in [0.3, 0.4) is 0 Å². The molecule has 0 spiro atoms. The molecule has 4 rings (SSSR count). The lowest BCUT2D eigenvalue weighted by Gasteiger charge is -2.42. The Bertz CT molecular complexity index is 823. The van der Waals surface area contributed by atoms with Crippen molar-refractivity contribution in [1.29, 1.82) is 0 Å². The number of thiophene rings is 1. The Morgan fingerprint density at radius 3 is 2.30 bits per heavy atom. The summed E-state index contributed by atoms with van der Waals surface area (Å²) in [6.07, 6.45) is 3.94. The Morgan fingerprint density at radius 2 is 1.67 bits per heavy atom. The van der Waals surface area contributed by atoms with Gasteiger partial charge in [0.15, 0.2) is 0 Å². The van der Waals surface area contributed by atoms with E-state index in [0.29, 0.717) is 12.6 Å². The van der Waals surface area contributed by atoms with E-state index >= 15 is 0 Å². The molecule has 160 valence electrons. The molecule has 0 unspecified atom stereocenters. The van der Waals surface area contributed by atoms with E-state index in [1.54, 1.807) is 0 Å². The van der Waals surface area contributed by atoms with Crippen LogP contribution in [0, 0.1) is 5.92 Å². The van der Waals surface area contributed by atoms with Crippen molar-refractivity contribution in [2.45, 2.75) is 38.3 Å². The van der Waals surface area contributed by atoms with Gasteiger partial charge in [0.2, 0.25) is 5.91 Å². The molecular weight excluding hydrogens is 394 g/mol. The summed E-state index contributed by atoms with van der Waals surface area (Å²) in [6.45, 7) is 4.31. The number of benzene rings is 1. The second-order valence-electron chi connectivity index (χ2n) is 8.49. The minimum atomic E-state index is 0.135. The van der Waals surface area contributed by atoms with Crippen molar-refractivity contribution < 1.29 is 9.59 Å². The average molecular weight is 426 g/mol. The van der Waals surface area contributed by atoms with Gasteiger partial charge in [-0.25, -0.2) is 0 Å². The molecule has 0 aliphatic carbocycles. The SMILES string of the molecule is CN(Cc1ccccc1)C(=O)C1CCN(C2CCN(C(=O)c3cccs3)CC2)CC1. The first-order chi connectivity index (χ1) is 14.6. The number of likely N-dealkylation sites (tertiary alicyclic amines) is 2. The van der Waals surface area contributed by atoms with Crippen LogP contribution in [0.5, 0.6) is 0 Å². The van der Waals surface area contributed by atoms with E-state index in [0.717, 1.165) is 56.7 Å². The predicted octanol–water partition coefficient (Wildman–Crippen LogP) is 3.72. The molecule has 2 amide bonds. The van der Waals surface area contributed by atoms with Crippen LogP contribution in [0.25, 0.3) is 0 Å². The van der Waals surface area contributed by atoms with Gasteiger partial charge in [-0.1, -0.05) is 36.4 Å². The zero-order valence-electron chi connectivity index (χ0n) is 17.7. The first kappa shape index (κ1) is 21.1. The lowest BCUT2D eigenvalue weighted by atomic mass is 9.92. The summed E-state index contributed by atoms with van der Waals surface area (Å²) in [7, 11) is 1.92. The molecule has 3 heterocycles. The van der Waals surface area contributed by atoms with Crippen molar-refractivity contribution in [2.24, 2.45) is 5.92 Å².